The fraction of sp³-hybridized carbons (Fsp3) is 0.267. The van der Waals surface area contributed by atoms with E-state index in [0.717, 1.165) is 4.90 Å². The van der Waals surface area contributed by atoms with Crippen molar-refractivity contribution in [2.75, 3.05) is 19.6 Å². The number of benzene rings is 1. The van der Waals surface area contributed by atoms with E-state index in [1.807, 2.05) is 0 Å². The Hall–Kier alpha value is -2.87. The topological polar surface area (TPSA) is 114 Å². The Labute approximate surface area is 133 Å². The molecule has 0 bridgehead atoms. The summed E-state index contributed by atoms with van der Waals surface area (Å²) in [5, 5.41) is 0. The van der Waals surface area contributed by atoms with Crippen molar-refractivity contribution in [1.82, 2.24) is 10.3 Å². The van der Waals surface area contributed by atoms with Crippen molar-refractivity contribution >= 4 is 23.4 Å². The maximum absolute atomic E-state index is 12.2. The van der Waals surface area contributed by atoms with Gasteiger partial charge in [-0.2, -0.15) is 0 Å². The number of hydrazine groups is 1. The highest BCUT2D eigenvalue weighted by Gasteiger charge is 2.38. The summed E-state index contributed by atoms with van der Waals surface area (Å²) in [7, 11) is 2.87. The third-order valence-electron chi connectivity index (χ3n) is 3.62. The molecule has 0 aliphatic carbocycles. The van der Waals surface area contributed by atoms with E-state index >= 15 is 0 Å². The molecule has 122 valence electrons. The lowest BCUT2D eigenvalue weighted by molar-refractivity contribution is -0.143. The van der Waals surface area contributed by atoms with Crippen LogP contribution in [0.5, 0.6) is 5.75 Å². The largest absolute Gasteiger partial charge is 0.497 e. The quantitative estimate of drug-likeness (QED) is 0.393. The van der Waals surface area contributed by atoms with Crippen molar-refractivity contribution in [3.63, 3.8) is 0 Å². The number of imide groups is 1. The first-order valence-corrected chi connectivity index (χ1v) is 6.85. The van der Waals surface area contributed by atoms with Crippen molar-refractivity contribution in [1.29, 1.82) is 0 Å². The molecule has 0 saturated heterocycles. The van der Waals surface area contributed by atoms with Gasteiger partial charge in [-0.25, -0.2) is 5.43 Å². The summed E-state index contributed by atoms with van der Waals surface area (Å²) < 4.78 is 5.06. The van der Waals surface area contributed by atoms with Crippen LogP contribution in [0, 0.1) is 0 Å². The van der Waals surface area contributed by atoms with Gasteiger partial charge in [0.05, 0.1) is 7.11 Å². The molecule has 2 rings (SSSR count). The third kappa shape index (κ3) is 3.16. The van der Waals surface area contributed by atoms with Crippen LogP contribution < -0.4 is 21.3 Å². The van der Waals surface area contributed by atoms with Gasteiger partial charge in [-0.15, -0.1) is 0 Å². The van der Waals surface area contributed by atoms with Crippen molar-refractivity contribution in [2.45, 2.75) is 13.0 Å². The van der Waals surface area contributed by atoms with E-state index in [0.29, 0.717) is 11.4 Å². The summed E-state index contributed by atoms with van der Waals surface area (Å²) in [6, 6.07) is 6.13. The van der Waals surface area contributed by atoms with Gasteiger partial charge in [0, 0.05) is 12.7 Å². The Balaban J connectivity index is 2.21. The second-order valence-electron chi connectivity index (χ2n) is 5.06. The number of ether oxygens (including phenoxy) is 1. The van der Waals surface area contributed by atoms with Gasteiger partial charge in [0.1, 0.15) is 17.4 Å². The van der Waals surface area contributed by atoms with E-state index in [2.05, 4.69) is 10.9 Å². The smallest absolute Gasteiger partial charge is 0.265 e. The number of amides is 3. The van der Waals surface area contributed by atoms with E-state index in [9.17, 15) is 14.4 Å². The van der Waals surface area contributed by atoms with Gasteiger partial charge < -0.3 is 15.9 Å². The number of nitrogens with zero attached hydrogens (tertiary/aromatic N) is 1. The molecule has 1 aromatic rings. The molecule has 0 saturated carbocycles. The Morgan fingerprint density at radius 1 is 1.26 bits per heavy atom. The first kappa shape index (κ1) is 16.5. The lowest BCUT2D eigenvalue weighted by Gasteiger charge is -2.30. The maximum atomic E-state index is 12.2. The van der Waals surface area contributed by atoms with E-state index in [-0.39, 0.29) is 11.1 Å². The SMILES string of the molecule is COc1ccc(NNC2C(=O)N(C)C(=O)C(C(N)=O)=C2C)cc1. The fourth-order valence-electron chi connectivity index (χ4n) is 2.26. The van der Waals surface area contributed by atoms with Crippen LogP contribution in [0.3, 0.4) is 0 Å². The number of hydrogen-bond acceptors (Lipinski definition) is 6. The van der Waals surface area contributed by atoms with Gasteiger partial charge >= 0.3 is 0 Å². The Bertz CT molecular complexity index is 681. The maximum Gasteiger partial charge on any atom is 0.265 e. The minimum absolute atomic E-state index is 0.180. The molecule has 0 fully saturated rings. The van der Waals surface area contributed by atoms with Gasteiger partial charge in [0.25, 0.3) is 17.7 Å². The van der Waals surface area contributed by atoms with Gasteiger partial charge in [0.2, 0.25) is 0 Å². The number of nitrogens with one attached hydrogen (secondary N) is 2. The summed E-state index contributed by atoms with van der Waals surface area (Å²) in [5.74, 6) is -1.33. The molecular weight excluding hydrogens is 300 g/mol. The van der Waals surface area contributed by atoms with E-state index in [4.69, 9.17) is 10.5 Å². The van der Waals surface area contributed by atoms with Crippen LogP contribution in [0.1, 0.15) is 6.92 Å². The number of methoxy groups -OCH3 is 1. The Morgan fingerprint density at radius 3 is 2.39 bits per heavy atom. The summed E-state index contributed by atoms with van der Waals surface area (Å²) in [6.45, 7) is 1.52. The minimum Gasteiger partial charge on any atom is -0.497 e. The second-order valence-corrected chi connectivity index (χ2v) is 5.06. The molecule has 1 aromatic carbocycles. The summed E-state index contributed by atoms with van der Waals surface area (Å²) in [6.07, 6.45) is 0. The molecule has 3 amide bonds. The highest BCUT2D eigenvalue weighted by molar-refractivity contribution is 6.24. The molecule has 1 atom stereocenters. The van der Waals surface area contributed by atoms with Crippen LogP contribution >= 0.6 is 0 Å². The number of rotatable bonds is 5. The number of hydrogen-bond donors (Lipinski definition) is 3. The van der Waals surface area contributed by atoms with Crippen molar-refractivity contribution in [2.24, 2.45) is 5.73 Å². The zero-order chi connectivity index (χ0) is 17.1. The highest BCUT2D eigenvalue weighted by atomic mass is 16.5. The first-order valence-electron chi connectivity index (χ1n) is 6.85. The minimum atomic E-state index is -0.873. The number of primary amides is 1. The molecule has 1 aliphatic rings. The number of nitrogens with two attached hydrogens (primary N) is 1. The van der Waals surface area contributed by atoms with Crippen LogP contribution in [0.15, 0.2) is 35.4 Å². The monoisotopic (exact) mass is 318 g/mol. The fourth-order valence-corrected chi connectivity index (χ4v) is 2.26. The van der Waals surface area contributed by atoms with Crippen LogP contribution in [0.25, 0.3) is 0 Å². The van der Waals surface area contributed by atoms with Gasteiger partial charge in [-0.05, 0) is 36.8 Å². The average Bonchev–Trinajstić information content (AvgIpc) is 2.53. The normalized spacial score (nSPS) is 18.2. The molecule has 1 unspecified atom stereocenters. The third-order valence-corrected chi connectivity index (χ3v) is 3.62. The zero-order valence-corrected chi connectivity index (χ0v) is 13.0. The van der Waals surface area contributed by atoms with Crippen LogP contribution in [-0.2, 0) is 14.4 Å². The molecule has 1 heterocycles. The highest BCUT2D eigenvalue weighted by Crippen LogP contribution is 2.20. The Kier molecular flexibility index (Phi) is 4.65. The van der Waals surface area contributed by atoms with Crippen molar-refractivity contribution in [3.8, 4) is 5.75 Å². The summed E-state index contributed by atoms with van der Waals surface area (Å²) in [5.41, 5.74) is 11.7. The molecule has 0 spiro atoms. The summed E-state index contributed by atoms with van der Waals surface area (Å²) in [4.78, 5) is 36.5. The van der Waals surface area contributed by atoms with E-state index in [1.54, 1.807) is 31.4 Å². The number of carbonyl (C=O) groups excluding carboxylic acids is 3. The summed E-state index contributed by atoms with van der Waals surface area (Å²) >= 11 is 0. The molecule has 0 aromatic heterocycles. The number of carbonyl (C=O) groups is 3. The van der Waals surface area contributed by atoms with E-state index in [1.165, 1.54) is 14.0 Å². The van der Waals surface area contributed by atoms with Crippen molar-refractivity contribution < 1.29 is 19.1 Å². The van der Waals surface area contributed by atoms with Crippen LogP contribution in [-0.4, -0.2) is 42.8 Å². The second kappa shape index (κ2) is 6.49. The first-order chi connectivity index (χ1) is 10.9. The Morgan fingerprint density at radius 2 is 1.87 bits per heavy atom. The molecule has 8 heteroatoms. The van der Waals surface area contributed by atoms with Gasteiger partial charge in [-0.3, -0.25) is 19.3 Å². The van der Waals surface area contributed by atoms with Crippen molar-refractivity contribution in [3.05, 3.63) is 35.4 Å². The van der Waals surface area contributed by atoms with Crippen LogP contribution in [0.4, 0.5) is 5.69 Å². The van der Waals surface area contributed by atoms with Gasteiger partial charge in [-0.1, -0.05) is 0 Å². The molecule has 1 aliphatic heterocycles. The molecule has 23 heavy (non-hydrogen) atoms. The number of anilines is 1. The molecule has 4 N–H and O–H groups in total. The van der Waals surface area contributed by atoms with E-state index < -0.39 is 23.8 Å². The lowest BCUT2D eigenvalue weighted by atomic mass is 9.95. The number of likely N-dealkylation sites (N-methyl/N-ethyl adjacent to an activating group) is 1. The standard InChI is InChI=1S/C15H18N4O4/c1-8-11(13(16)20)14(21)19(2)15(22)12(8)18-17-9-4-6-10(23-3)7-5-9/h4-7,12,17-18H,1-3H3,(H2,16,20). The molecule has 8 nitrogen and oxygen atoms in total. The zero-order valence-electron chi connectivity index (χ0n) is 13.0. The molecule has 0 radical (unpaired) electrons. The lowest BCUT2D eigenvalue weighted by Crippen LogP contribution is -2.55. The van der Waals surface area contributed by atoms with Crippen LogP contribution in [0.2, 0.25) is 0 Å². The van der Waals surface area contributed by atoms with Gasteiger partial charge in [0.15, 0.2) is 0 Å². The average molecular weight is 318 g/mol. The predicted molar refractivity (Wildman–Crippen MR) is 83.2 cm³/mol. The predicted octanol–water partition coefficient (Wildman–Crippen LogP) is -0.219. The molecular formula is C15H18N4O4.